The molecule has 1 saturated heterocycles. The van der Waals surface area contributed by atoms with Gasteiger partial charge in [-0.2, -0.15) is 0 Å². The van der Waals surface area contributed by atoms with Crippen LogP contribution in [0.3, 0.4) is 0 Å². The summed E-state index contributed by atoms with van der Waals surface area (Å²) in [6.45, 7) is 2.05. The maximum absolute atomic E-state index is 9.74. The first-order chi connectivity index (χ1) is 6.77. The predicted molar refractivity (Wildman–Crippen MR) is 57.4 cm³/mol. The number of aromatic hydroxyl groups is 1. The molecule has 3 nitrogen and oxygen atoms in total. The van der Waals surface area contributed by atoms with Crippen molar-refractivity contribution < 1.29 is 5.11 Å². The Morgan fingerprint density at radius 1 is 1.43 bits per heavy atom. The minimum absolute atomic E-state index is 0.332. The Balaban J connectivity index is 2.22. The fourth-order valence-electron chi connectivity index (χ4n) is 2.02. The number of nitrogens with two attached hydrogens (primary N) is 1. The minimum Gasteiger partial charge on any atom is -0.508 e. The molecule has 1 unspecified atom stereocenters. The number of rotatable bonds is 1. The number of anilines is 1. The Labute approximate surface area is 83.9 Å². The van der Waals surface area contributed by atoms with E-state index in [4.69, 9.17) is 5.73 Å². The molecule has 1 atom stereocenters. The normalized spacial score (nSPS) is 22.1. The summed E-state index contributed by atoms with van der Waals surface area (Å²) in [6, 6.07) is 5.41. The standard InChI is InChI=1S/C11H16N2O/c12-9-3-4-10(11(14)6-9)8-2-1-5-13-7-8/h3-4,6,8,13-14H,1-2,5,7,12H2. The summed E-state index contributed by atoms with van der Waals surface area (Å²) >= 11 is 0. The summed E-state index contributed by atoms with van der Waals surface area (Å²) in [5, 5.41) is 13.1. The van der Waals surface area contributed by atoms with Gasteiger partial charge in [-0.1, -0.05) is 6.07 Å². The molecule has 1 aliphatic heterocycles. The number of hydrogen-bond acceptors (Lipinski definition) is 3. The molecule has 2 rings (SSSR count). The fourth-order valence-corrected chi connectivity index (χ4v) is 2.02. The van der Waals surface area contributed by atoms with Gasteiger partial charge in [-0.25, -0.2) is 0 Å². The van der Waals surface area contributed by atoms with Crippen molar-refractivity contribution in [3.8, 4) is 5.75 Å². The Kier molecular flexibility index (Phi) is 2.59. The van der Waals surface area contributed by atoms with Gasteiger partial charge in [0.05, 0.1) is 0 Å². The largest absolute Gasteiger partial charge is 0.508 e. The van der Waals surface area contributed by atoms with Crippen LogP contribution in [-0.2, 0) is 0 Å². The number of phenols is 1. The summed E-state index contributed by atoms with van der Waals surface area (Å²) in [5.74, 6) is 0.767. The second-order valence-electron chi connectivity index (χ2n) is 3.86. The third kappa shape index (κ3) is 1.82. The summed E-state index contributed by atoms with van der Waals surface area (Å²) in [4.78, 5) is 0. The van der Waals surface area contributed by atoms with Crippen LogP contribution in [0, 0.1) is 0 Å². The van der Waals surface area contributed by atoms with Gasteiger partial charge in [0.2, 0.25) is 0 Å². The van der Waals surface area contributed by atoms with Gasteiger partial charge in [0.15, 0.2) is 0 Å². The van der Waals surface area contributed by atoms with Gasteiger partial charge in [-0.15, -0.1) is 0 Å². The molecule has 14 heavy (non-hydrogen) atoms. The molecule has 0 aromatic heterocycles. The zero-order valence-corrected chi connectivity index (χ0v) is 8.16. The molecule has 0 aliphatic carbocycles. The summed E-state index contributed by atoms with van der Waals surface area (Å²) in [6.07, 6.45) is 2.32. The van der Waals surface area contributed by atoms with Crippen LogP contribution >= 0.6 is 0 Å². The average molecular weight is 192 g/mol. The molecular formula is C11H16N2O. The molecule has 0 radical (unpaired) electrons. The molecule has 0 spiro atoms. The Bertz CT molecular complexity index is 319. The third-order valence-corrected chi connectivity index (χ3v) is 2.79. The maximum Gasteiger partial charge on any atom is 0.121 e. The van der Waals surface area contributed by atoms with E-state index in [1.54, 1.807) is 6.07 Å². The lowest BCUT2D eigenvalue weighted by atomic mass is 9.91. The average Bonchev–Trinajstić information content (AvgIpc) is 2.19. The van der Waals surface area contributed by atoms with Gasteiger partial charge < -0.3 is 16.2 Å². The van der Waals surface area contributed by atoms with Gasteiger partial charge >= 0.3 is 0 Å². The summed E-state index contributed by atoms with van der Waals surface area (Å²) in [7, 11) is 0. The second-order valence-corrected chi connectivity index (χ2v) is 3.86. The van der Waals surface area contributed by atoms with E-state index in [1.165, 1.54) is 6.42 Å². The Morgan fingerprint density at radius 3 is 2.93 bits per heavy atom. The highest BCUT2D eigenvalue weighted by atomic mass is 16.3. The first kappa shape index (κ1) is 9.34. The van der Waals surface area contributed by atoms with Gasteiger partial charge in [-0.05, 0) is 31.0 Å². The van der Waals surface area contributed by atoms with Crippen molar-refractivity contribution in [1.82, 2.24) is 5.32 Å². The number of phenolic OH excluding ortho intramolecular Hbond substituents is 1. The maximum atomic E-state index is 9.74. The van der Waals surface area contributed by atoms with E-state index < -0.39 is 0 Å². The van der Waals surface area contributed by atoms with Crippen molar-refractivity contribution in [1.29, 1.82) is 0 Å². The second kappa shape index (κ2) is 3.88. The van der Waals surface area contributed by atoms with Crippen LogP contribution in [0.25, 0.3) is 0 Å². The number of benzene rings is 1. The van der Waals surface area contributed by atoms with E-state index in [0.717, 1.165) is 25.1 Å². The number of hydrogen-bond donors (Lipinski definition) is 3. The molecule has 1 heterocycles. The smallest absolute Gasteiger partial charge is 0.121 e. The zero-order valence-electron chi connectivity index (χ0n) is 8.16. The van der Waals surface area contributed by atoms with Crippen LogP contribution in [0.5, 0.6) is 5.75 Å². The van der Waals surface area contributed by atoms with Crippen LogP contribution in [-0.4, -0.2) is 18.2 Å². The van der Waals surface area contributed by atoms with Crippen molar-refractivity contribution in [3.63, 3.8) is 0 Å². The number of piperidine rings is 1. The minimum atomic E-state index is 0.332. The number of nitrogen functional groups attached to an aromatic ring is 1. The molecule has 3 heteroatoms. The fraction of sp³-hybridized carbons (Fsp3) is 0.455. The van der Waals surface area contributed by atoms with E-state index in [0.29, 0.717) is 17.4 Å². The van der Waals surface area contributed by atoms with Gasteiger partial charge in [-0.3, -0.25) is 0 Å². The van der Waals surface area contributed by atoms with E-state index in [1.807, 2.05) is 12.1 Å². The van der Waals surface area contributed by atoms with E-state index >= 15 is 0 Å². The van der Waals surface area contributed by atoms with E-state index in [9.17, 15) is 5.11 Å². The van der Waals surface area contributed by atoms with Gasteiger partial charge in [0.1, 0.15) is 5.75 Å². The van der Waals surface area contributed by atoms with E-state index in [2.05, 4.69) is 5.32 Å². The Morgan fingerprint density at radius 2 is 2.29 bits per heavy atom. The molecule has 1 fully saturated rings. The molecule has 1 aliphatic rings. The first-order valence-electron chi connectivity index (χ1n) is 5.06. The Hall–Kier alpha value is -1.22. The van der Waals surface area contributed by atoms with Crippen molar-refractivity contribution in [2.24, 2.45) is 0 Å². The molecule has 1 aromatic carbocycles. The van der Waals surface area contributed by atoms with Crippen molar-refractivity contribution in [3.05, 3.63) is 23.8 Å². The molecule has 1 aromatic rings. The highest BCUT2D eigenvalue weighted by Gasteiger charge is 2.17. The molecular weight excluding hydrogens is 176 g/mol. The molecule has 0 bridgehead atoms. The summed E-state index contributed by atoms with van der Waals surface area (Å²) in [5.41, 5.74) is 7.22. The lowest BCUT2D eigenvalue weighted by Gasteiger charge is -2.23. The summed E-state index contributed by atoms with van der Waals surface area (Å²) < 4.78 is 0. The quantitative estimate of drug-likeness (QED) is 0.590. The SMILES string of the molecule is Nc1ccc(C2CCCNC2)c(O)c1. The monoisotopic (exact) mass is 192 g/mol. The lowest BCUT2D eigenvalue weighted by Crippen LogP contribution is -2.28. The van der Waals surface area contributed by atoms with Crippen molar-refractivity contribution in [2.75, 3.05) is 18.8 Å². The molecule has 0 saturated carbocycles. The van der Waals surface area contributed by atoms with Crippen LogP contribution in [0.4, 0.5) is 5.69 Å². The van der Waals surface area contributed by atoms with Crippen LogP contribution in [0.15, 0.2) is 18.2 Å². The van der Waals surface area contributed by atoms with Crippen molar-refractivity contribution in [2.45, 2.75) is 18.8 Å². The van der Waals surface area contributed by atoms with Gasteiger partial charge in [0, 0.05) is 24.2 Å². The number of nitrogens with one attached hydrogen (secondary N) is 1. The van der Waals surface area contributed by atoms with Crippen LogP contribution in [0.1, 0.15) is 24.3 Å². The first-order valence-corrected chi connectivity index (χ1v) is 5.06. The molecule has 4 N–H and O–H groups in total. The molecule has 76 valence electrons. The van der Waals surface area contributed by atoms with Gasteiger partial charge in [0.25, 0.3) is 0 Å². The van der Waals surface area contributed by atoms with Crippen LogP contribution < -0.4 is 11.1 Å². The highest BCUT2D eigenvalue weighted by Crippen LogP contribution is 2.31. The predicted octanol–water partition coefficient (Wildman–Crippen LogP) is 1.44. The van der Waals surface area contributed by atoms with Crippen LogP contribution in [0.2, 0.25) is 0 Å². The van der Waals surface area contributed by atoms with Crippen molar-refractivity contribution >= 4 is 5.69 Å². The highest BCUT2D eigenvalue weighted by molar-refractivity contribution is 5.49. The zero-order chi connectivity index (χ0) is 9.97. The topological polar surface area (TPSA) is 58.3 Å². The van der Waals surface area contributed by atoms with E-state index in [-0.39, 0.29) is 0 Å². The lowest BCUT2D eigenvalue weighted by molar-refractivity contribution is 0.426. The molecule has 0 amide bonds. The third-order valence-electron chi connectivity index (χ3n) is 2.79.